The summed E-state index contributed by atoms with van der Waals surface area (Å²) in [7, 11) is 1.59. The normalized spacial score (nSPS) is 11.3. The van der Waals surface area contributed by atoms with Gasteiger partial charge in [0.05, 0.1) is 34.8 Å². The number of nitrogens with one attached hydrogen (secondary N) is 1. The number of aromatic nitrogens is 2. The zero-order chi connectivity index (χ0) is 33.8. The Labute approximate surface area is 273 Å². The van der Waals surface area contributed by atoms with Gasteiger partial charge in [0.15, 0.2) is 12.4 Å². The Balaban J connectivity index is 1.62. The van der Waals surface area contributed by atoms with E-state index in [4.69, 9.17) is 26.1 Å². The minimum absolute atomic E-state index is 0.00298. The third kappa shape index (κ3) is 6.97. The molecular formula is C34H29ClFN5O6. The summed E-state index contributed by atoms with van der Waals surface area (Å²) in [4.78, 5) is 42.5. The zero-order valence-electron chi connectivity index (χ0n) is 25.8. The van der Waals surface area contributed by atoms with Crippen LogP contribution >= 0.6 is 11.6 Å². The molecule has 11 nitrogen and oxygen atoms in total. The van der Waals surface area contributed by atoms with E-state index in [1.807, 2.05) is 32.9 Å². The molecule has 240 valence electrons. The molecule has 1 amide bonds. The van der Waals surface area contributed by atoms with Crippen LogP contribution in [0.15, 0.2) is 82.7 Å². The lowest BCUT2D eigenvalue weighted by Gasteiger charge is -2.17. The summed E-state index contributed by atoms with van der Waals surface area (Å²) >= 11 is 6.23. The van der Waals surface area contributed by atoms with Gasteiger partial charge in [-0.25, -0.2) is 9.37 Å². The van der Waals surface area contributed by atoms with Crippen molar-refractivity contribution in [3.05, 3.63) is 121 Å². The molecule has 4 aromatic carbocycles. The molecule has 0 fully saturated rings. The number of ether oxygens (including phenoxy) is 2. The number of rotatable bonds is 10. The first-order valence-electron chi connectivity index (χ1n) is 14.4. The number of benzene rings is 4. The number of carbonyl (C=O) groups is 1. The molecule has 5 rings (SSSR count). The fourth-order valence-electron chi connectivity index (χ4n) is 4.97. The lowest BCUT2D eigenvalue weighted by atomic mass is 9.96. The number of aryl methyl sites for hydroxylation is 1. The summed E-state index contributed by atoms with van der Waals surface area (Å²) in [5.74, 6) is -0.783. The van der Waals surface area contributed by atoms with Gasteiger partial charge >= 0.3 is 5.69 Å². The lowest BCUT2D eigenvalue weighted by molar-refractivity contribution is -0.385. The van der Waals surface area contributed by atoms with Crippen LogP contribution in [0.1, 0.15) is 36.5 Å². The third-order valence-electron chi connectivity index (χ3n) is 7.26. The van der Waals surface area contributed by atoms with Crippen LogP contribution in [-0.2, 0) is 4.79 Å². The zero-order valence-corrected chi connectivity index (χ0v) is 26.5. The number of nitro benzene ring substituents is 1. The first-order chi connectivity index (χ1) is 22.5. The van der Waals surface area contributed by atoms with Crippen LogP contribution in [0.3, 0.4) is 0 Å². The first kappa shape index (κ1) is 32.8. The number of anilines is 1. The number of hydrogen-bond donors (Lipinski definition) is 1. The number of para-hydroxylation sites is 2. The van der Waals surface area contributed by atoms with Crippen molar-refractivity contribution in [2.24, 2.45) is 5.10 Å². The Morgan fingerprint density at radius 2 is 1.87 bits per heavy atom. The minimum Gasteiger partial charge on any atom is -0.496 e. The molecule has 0 aliphatic rings. The van der Waals surface area contributed by atoms with Crippen LogP contribution in [-0.4, -0.2) is 40.4 Å². The Hall–Kier alpha value is -5.62. The second kappa shape index (κ2) is 13.8. The van der Waals surface area contributed by atoms with E-state index in [0.29, 0.717) is 22.2 Å². The minimum atomic E-state index is -0.768. The van der Waals surface area contributed by atoms with E-state index in [9.17, 15) is 24.1 Å². The van der Waals surface area contributed by atoms with E-state index in [0.717, 1.165) is 21.9 Å². The maximum Gasteiger partial charge on any atom is 0.313 e. The van der Waals surface area contributed by atoms with Gasteiger partial charge in [-0.05, 0) is 66.4 Å². The Kier molecular flexibility index (Phi) is 9.62. The van der Waals surface area contributed by atoms with Gasteiger partial charge in [0, 0.05) is 22.2 Å². The van der Waals surface area contributed by atoms with Crippen molar-refractivity contribution in [3.8, 4) is 22.9 Å². The van der Waals surface area contributed by atoms with Gasteiger partial charge in [-0.1, -0.05) is 49.7 Å². The smallest absolute Gasteiger partial charge is 0.313 e. The molecule has 0 saturated heterocycles. The highest BCUT2D eigenvalue weighted by Gasteiger charge is 2.23. The average molecular weight is 658 g/mol. The van der Waals surface area contributed by atoms with Crippen molar-refractivity contribution < 1.29 is 23.6 Å². The van der Waals surface area contributed by atoms with Crippen molar-refractivity contribution in [3.63, 3.8) is 0 Å². The molecule has 5 aromatic rings. The highest BCUT2D eigenvalue weighted by Crippen LogP contribution is 2.35. The summed E-state index contributed by atoms with van der Waals surface area (Å²) < 4.78 is 26.3. The lowest BCUT2D eigenvalue weighted by Crippen LogP contribution is -2.22. The quantitative estimate of drug-likeness (QED) is 0.0960. The SMILES string of the molecule is COc1cc(C)c(-c2nc3ccccc3c(=O)n2N=Cc2cc(Cl)cc([N+](=O)[O-])c2OCC(=O)Nc2ccccc2F)cc1C(C)C. The predicted octanol–water partition coefficient (Wildman–Crippen LogP) is 7.10. The molecule has 1 heterocycles. The molecule has 47 heavy (non-hydrogen) atoms. The van der Waals surface area contributed by atoms with Crippen LogP contribution < -0.4 is 20.3 Å². The molecule has 1 N–H and O–H groups in total. The molecule has 0 bridgehead atoms. The van der Waals surface area contributed by atoms with Gasteiger partial charge in [-0.15, -0.1) is 0 Å². The summed E-state index contributed by atoms with van der Waals surface area (Å²) in [6, 6.07) is 18.5. The number of nitrogens with zero attached hydrogens (tertiary/aromatic N) is 4. The number of hydrogen-bond acceptors (Lipinski definition) is 8. The van der Waals surface area contributed by atoms with Gasteiger partial charge in [0.25, 0.3) is 11.5 Å². The summed E-state index contributed by atoms with van der Waals surface area (Å²) in [5, 5.41) is 19.1. The van der Waals surface area contributed by atoms with Crippen molar-refractivity contribution in [1.29, 1.82) is 0 Å². The molecule has 0 radical (unpaired) electrons. The van der Waals surface area contributed by atoms with E-state index >= 15 is 0 Å². The summed E-state index contributed by atoms with van der Waals surface area (Å²) in [6.45, 7) is 5.18. The first-order valence-corrected chi connectivity index (χ1v) is 14.8. The van der Waals surface area contributed by atoms with E-state index < -0.39 is 34.5 Å². The van der Waals surface area contributed by atoms with Crippen molar-refractivity contribution in [2.75, 3.05) is 19.0 Å². The Morgan fingerprint density at radius 3 is 2.57 bits per heavy atom. The number of carbonyl (C=O) groups excluding carboxylic acids is 1. The second-order valence-electron chi connectivity index (χ2n) is 10.8. The van der Waals surface area contributed by atoms with Crippen molar-refractivity contribution in [1.82, 2.24) is 9.66 Å². The van der Waals surface area contributed by atoms with E-state index in [1.54, 1.807) is 31.4 Å². The molecule has 0 saturated carbocycles. The van der Waals surface area contributed by atoms with E-state index in [2.05, 4.69) is 10.4 Å². The van der Waals surface area contributed by atoms with Crippen LogP contribution in [0, 0.1) is 22.9 Å². The third-order valence-corrected chi connectivity index (χ3v) is 7.48. The number of halogens is 2. The van der Waals surface area contributed by atoms with Crippen LogP contribution in [0.2, 0.25) is 5.02 Å². The van der Waals surface area contributed by atoms with Crippen molar-refractivity contribution >= 4 is 46.0 Å². The largest absolute Gasteiger partial charge is 0.496 e. The molecule has 0 unspecified atom stereocenters. The maximum atomic E-state index is 14.0. The van der Waals surface area contributed by atoms with Crippen LogP contribution in [0.4, 0.5) is 15.8 Å². The van der Waals surface area contributed by atoms with Gasteiger partial charge in [-0.3, -0.25) is 19.7 Å². The van der Waals surface area contributed by atoms with Gasteiger partial charge in [-0.2, -0.15) is 9.78 Å². The number of nitro groups is 1. The molecule has 13 heteroatoms. The predicted molar refractivity (Wildman–Crippen MR) is 178 cm³/mol. The molecule has 1 aromatic heterocycles. The van der Waals surface area contributed by atoms with Crippen LogP contribution in [0.25, 0.3) is 22.3 Å². The number of fused-ring (bicyclic) bond motifs is 1. The molecule has 0 aliphatic heterocycles. The Morgan fingerprint density at radius 1 is 1.15 bits per heavy atom. The van der Waals surface area contributed by atoms with Crippen molar-refractivity contribution in [2.45, 2.75) is 26.7 Å². The summed E-state index contributed by atoms with van der Waals surface area (Å²) in [6.07, 6.45) is 1.17. The molecule has 0 aliphatic carbocycles. The number of amides is 1. The van der Waals surface area contributed by atoms with Gasteiger partial charge < -0.3 is 14.8 Å². The maximum absolute atomic E-state index is 14.0. The molecule has 0 spiro atoms. The van der Waals surface area contributed by atoms with Gasteiger partial charge in [0.2, 0.25) is 5.75 Å². The Bertz CT molecular complexity index is 2110. The standard InChI is InChI=1S/C34H29ClFN5O6/c1-19(2)24-16-25(20(3)13-30(24)46-4)33-39-27-11-7-5-9-23(27)34(43)40(33)37-17-21-14-22(35)15-29(41(44)45)32(21)47-18-31(42)38-28-12-8-6-10-26(28)36/h5-17,19H,18H2,1-4H3,(H,38,42). The highest BCUT2D eigenvalue weighted by atomic mass is 35.5. The monoisotopic (exact) mass is 657 g/mol. The average Bonchev–Trinajstić information content (AvgIpc) is 3.04. The van der Waals surface area contributed by atoms with Gasteiger partial charge in [0.1, 0.15) is 11.6 Å². The topological polar surface area (TPSA) is 138 Å². The fraction of sp³-hybridized carbons (Fsp3) is 0.176. The highest BCUT2D eigenvalue weighted by molar-refractivity contribution is 6.31. The molecular weight excluding hydrogens is 629 g/mol. The van der Waals surface area contributed by atoms with Crippen LogP contribution in [0.5, 0.6) is 11.5 Å². The fourth-order valence-corrected chi connectivity index (χ4v) is 5.19. The summed E-state index contributed by atoms with van der Waals surface area (Å²) in [5.41, 5.74) is 1.60. The number of methoxy groups -OCH3 is 1. The molecule has 0 atom stereocenters. The second-order valence-corrected chi connectivity index (χ2v) is 11.2. The van der Waals surface area contributed by atoms with E-state index in [-0.39, 0.29) is 33.8 Å². The van der Waals surface area contributed by atoms with E-state index in [1.165, 1.54) is 36.5 Å².